The Balaban J connectivity index is 1.44. The van der Waals surface area contributed by atoms with Gasteiger partial charge in [-0.2, -0.15) is 0 Å². The first-order valence-corrected chi connectivity index (χ1v) is 8.18. The molecule has 3 nitrogen and oxygen atoms in total. The Bertz CT molecular complexity index is 832. The van der Waals surface area contributed by atoms with Crippen LogP contribution in [0.3, 0.4) is 0 Å². The van der Waals surface area contributed by atoms with Crippen molar-refractivity contribution in [2.45, 2.75) is 18.9 Å². The summed E-state index contributed by atoms with van der Waals surface area (Å²) in [6, 6.07) is 20.2. The van der Waals surface area contributed by atoms with Crippen LogP contribution in [-0.2, 0) is 12.8 Å². The molecule has 3 aromatic rings. The SMILES string of the molecule is O=C(NC1Cc2ccccc2C1)c1ccc(-c2ccncc2)cc1. The van der Waals surface area contributed by atoms with Gasteiger partial charge in [-0.3, -0.25) is 9.78 Å². The molecule has 0 atom stereocenters. The van der Waals surface area contributed by atoms with Gasteiger partial charge in [0, 0.05) is 24.0 Å². The maximum Gasteiger partial charge on any atom is 0.251 e. The van der Waals surface area contributed by atoms with Crippen LogP contribution in [0, 0.1) is 0 Å². The molecule has 24 heavy (non-hydrogen) atoms. The molecule has 0 unspecified atom stereocenters. The monoisotopic (exact) mass is 314 g/mol. The van der Waals surface area contributed by atoms with Crippen molar-refractivity contribution in [1.29, 1.82) is 0 Å². The van der Waals surface area contributed by atoms with Crippen molar-refractivity contribution in [2.24, 2.45) is 0 Å². The molecule has 1 aliphatic carbocycles. The van der Waals surface area contributed by atoms with Gasteiger partial charge in [-0.1, -0.05) is 36.4 Å². The number of rotatable bonds is 3. The van der Waals surface area contributed by atoms with E-state index in [4.69, 9.17) is 0 Å². The number of nitrogens with zero attached hydrogens (tertiary/aromatic N) is 1. The molecule has 0 saturated carbocycles. The number of nitrogens with one attached hydrogen (secondary N) is 1. The number of carbonyl (C=O) groups is 1. The van der Waals surface area contributed by atoms with E-state index in [9.17, 15) is 4.79 Å². The van der Waals surface area contributed by atoms with Crippen LogP contribution in [0.5, 0.6) is 0 Å². The van der Waals surface area contributed by atoms with Gasteiger partial charge >= 0.3 is 0 Å². The molecular formula is C21H18N2O. The normalized spacial score (nSPS) is 13.5. The van der Waals surface area contributed by atoms with E-state index < -0.39 is 0 Å². The molecule has 1 amide bonds. The number of hydrogen-bond donors (Lipinski definition) is 1. The van der Waals surface area contributed by atoms with Crippen LogP contribution in [-0.4, -0.2) is 16.9 Å². The third kappa shape index (κ3) is 2.93. The van der Waals surface area contributed by atoms with E-state index in [1.165, 1.54) is 11.1 Å². The fourth-order valence-electron chi connectivity index (χ4n) is 3.29. The van der Waals surface area contributed by atoms with E-state index in [2.05, 4.69) is 34.6 Å². The number of benzene rings is 2. The van der Waals surface area contributed by atoms with Crippen molar-refractivity contribution < 1.29 is 4.79 Å². The Morgan fingerprint density at radius 3 is 2.04 bits per heavy atom. The maximum atomic E-state index is 12.5. The van der Waals surface area contributed by atoms with Gasteiger partial charge in [-0.15, -0.1) is 0 Å². The highest BCUT2D eigenvalue weighted by Gasteiger charge is 2.22. The Kier molecular flexibility index (Phi) is 3.83. The summed E-state index contributed by atoms with van der Waals surface area (Å²) >= 11 is 0. The fraction of sp³-hybridized carbons (Fsp3) is 0.143. The lowest BCUT2D eigenvalue weighted by molar-refractivity contribution is 0.0938. The van der Waals surface area contributed by atoms with Crippen molar-refractivity contribution in [3.05, 3.63) is 89.7 Å². The second-order valence-corrected chi connectivity index (χ2v) is 6.16. The van der Waals surface area contributed by atoms with Crippen LogP contribution < -0.4 is 5.32 Å². The lowest BCUT2D eigenvalue weighted by Gasteiger charge is -2.12. The van der Waals surface area contributed by atoms with Gasteiger partial charge in [-0.25, -0.2) is 0 Å². The maximum absolute atomic E-state index is 12.5. The summed E-state index contributed by atoms with van der Waals surface area (Å²) in [6.45, 7) is 0. The summed E-state index contributed by atoms with van der Waals surface area (Å²) in [7, 11) is 0. The Morgan fingerprint density at radius 1 is 0.833 bits per heavy atom. The minimum absolute atomic E-state index is 0.00548. The van der Waals surface area contributed by atoms with Crippen LogP contribution in [0.2, 0.25) is 0 Å². The zero-order valence-electron chi connectivity index (χ0n) is 13.3. The van der Waals surface area contributed by atoms with Crippen LogP contribution in [0.25, 0.3) is 11.1 Å². The zero-order valence-corrected chi connectivity index (χ0v) is 13.3. The molecular weight excluding hydrogens is 296 g/mol. The summed E-state index contributed by atoms with van der Waals surface area (Å²) in [5, 5.41) is 3.15. The summed E-state index contributed by atoms with van der Waals surface area (Å²) in [5.74, 6) is -0.00548. The third-order valence-electron chi connectivity index (χ3n) is 4.55. The topological polar surface area (TPSA) is 42.0 Å². The van der Waals surface area contributed by atoms with E-state index >= 15 is 0 Å². The summed E-state index contributed by atoms with van der Waals surface area (Å²) in [6.07, 6.45) is 5.37. The van der Waals surface area contributed by atoms with Crippen LogP contribution in [0.15, 0.2) is 73.1 Å². The van der Waals surface area contributed by atoms with E-state index in [1.54, 1.807) is 12.4 Å². The summed E-state index contributed by atoms with van der Waals surface area (Å²) < 4.78 is 0. The van der Waals surface area contributed by atoms with Gasteiger partial charge in [-0.05, 0) is 59.4 Å². The van der Waals surface area contributed by atoms with E-state index in [0.717, 1.165) is 24.0 Å². The quantitative estimate of drug-likeness (QED) is 0.802. The average Bonchev–Trinajstić information content (AvgIpc) is 3.05. The first kappa shape index (κ1) is 14.6. The van der Waals surface area contributed by atoms with Crippen molar-refractivity contribution in [3.63, 3.8) is 0 Å². The van der Waals surface area contributed by atoms with E-state index in [-0.39, 0.29) is 11.9 Å². The molecule has 0 spiro atoms. The van der Waals surface area contributed by atoms with Crippen molar-refractivity contribution >= 4 is 5.91 Å². The number of amides is 1. The lowest BCUT2D eigenvalue weighted by atomic mass is 10.0. The largest absolute Gasteiger partial charge is 0.349 e. The first-order chi connectivity index (χ1) is 11.8. The molecule has 118 valence electrons. The molecule has 1 aliphatic rings. The molecule has 0 aliphatic heterocycles. The van der Waals surface area contributed by atoms with Gasteiger partial charge in [0.1, 0.15) is 0 Å². The fourth-order valence-corrected chi connectivity index (χ4v) is 3.29. The van der Waals surface area contributed by atoms with E-state index in [0.29, 0.717) is 5.56 Å². The third-order valence-corrected chi connectivity index (χ3v) is 4.55. The van der Waals surface area contributed by atoms with Crippen molar-refractivity contribution in [3.8, 4) is 11.1 Å². The average molecular weight is 314 g/mol. The van der Waals surface area contributed by atoms with Gasteiger partial charge in [0.25, 0.3) is 5.91 Å². The number of hydrogen-bond acceptors (Lipinski definition) is 2. The molecule has 4 rings (SSSR count). The highest BCUT2D eigenvalue weighted by molar-refractivity contribution is 5.95. The summed E-state index contributed by atoms with van der Waals surface area (Å²) in [5.41, 5.74) is 5.57. The predicted molar refractivity (Wildman–Crippen MR) is 94.8 cm³/mol. The van der Waals surface area contributed by atoms with Gasteiger partial charge < -0.3 is 5.32 Å². The Labute approximate surface area is 141 Å². The Morgan fingerprint density at radius 2 is 1.42 bits per heavy atom. The molecule has 0 bridgehead atoms. The molecule has 1 aromatic heterocycles. The second-order valence-electron chi connectivity index (χ2n) is 6.16. The number of carbonyl (C=O) groups excluding carboxylic acids is 1. The van der Waals surface area contributed by atoms with Crippen molar-refractivity contribution in [1.82, 2.24) is 10.3 Å². The molecule has 1 heterocycles. The van der Waals surface area contributed by atoms with Gasteiger partial charge in [0.2, 0.25) is 0 Å². The minimum atomic E-state index is -0.00548. The van der Waals surface area contributed by atoms with Crippen molar-refractivity contribution in [2.75, 3.05) is 0 Å². The number of aromatic nitrogens is 1. The number of fused-ring (bicyclic) bond motifs is 1. The van der Waals surface area contributed by atoms with Crippen LogP contribution >= 0.6 is 0 Å². The van der Waals surface area contributed by atoms with Crippen LogP contribution in [0.4, 0.5) is 0 Å². The van der Waals surface area contributed by atoms with Gasteiger partial charge in [0.05, 0.1) is 0 Å². The smallest absolute Gasteiger partial charge is 0.251 e. The Hall–Kier alpha value is -2.94. The first-order valence-electron chi connectivity index (χ1n) is 8.18. The zero-order chi connectivity index (χ0) is 16.4. The number of pyridine rings is 1. The lowest BCUT2D eigenvalue weighted by Crippen LogP contribution is -2.35. The predicted octanol–water partition coefficient (Wildman–Crippen LogP) is 3.65. The molecule has 0 radical (unpaired) electrons. The van der Waals surface area contributed by atoms with Crippen LogP contribution in [0.1, 0.15) is 21.5 Å². The highest BCUT2D eigenvalue weighted by Crippen LogP contribution is 2.22. The highest BCUT2D eigenvalue weighted by atomic mass is 16.1. The van der Waals surface area contributed by atoms with E-state index in [1.807, 2.05) is 36.4 Å². The molecule has 1 N–H and O–H groups in total. The standard InChI is InChI=1S/C21H18N2O/c24-21(23-20-13-18-3-1-2-4-19(18)14-20)17-7-5-15(6-8-17)16-9-11-22-12-10-16/h1-12,20H,13-14H2,(H,23,24). The van der Waals surface area contributed by atoms with Gasteiger partial charge in [0.15, 0.2) is 0 Å². The second kappa shape index (κ2) is 6.28. The summed E-state index contributed by atoms with van der Waals surface area (Å²) in [4.78, 5) is 16.5. The molecule has 3 heteroatoms. The molecule has 0 saturated heterocycles. The minimum Gasteiger partial charge on any atom is -0.349 e. The molecule has 2 aromatic carbocycles. The molecule has 0 fully saturated rings.